The standard InChI is InChI=1S/C35H39N7O3/c1-6-31(43)37-25-15-10-14-24(18-25)33(44)39-27-17-11-16-26(19-27)38-32-28-21-42(35(2,3)29(28)20-36-32)34(45)40-30(22-41(4)5)23-12-8-7-9-13-23/h6-19,30H,1,20-22H2,2-5H3,(H,36,38)(H,37,43)(H,39,44)(H,40,45)/t30-/m1/s1. The maximum absolute atomic E-state index is 13.7. The molecule has 10 heteroatoms. The molecule has 0 saturated heterocycles. The summed E-state index contributed by atoms with van der Waals surface area (Å²) in [4.78, 5) is 47.1. The third-order valence-electron chi connectivity index (χ3n) is 8.03. The van der Waals surface area contributed by atoms with Gasteiger partial charge in [0.15, 0.2) is 0 Å². The van der Waals surface area contributed by atoms with Gasteiger partial charge in [-0.2, -0.15) is 0 Å². The zero-order valence-electron chi connectivity index (χ0n) is 26.1. The summed E-state index contributed by atoms with van der Waals surface area (Å²) < 4.78 is 0. The van der Waals surface area contributed by atoms with E-state index in [-0.39, 0.29) is 23.9 Å². The van der Waals surface area contributed by atoms with Crippen LogP contribution in [-0.4, -0.2) is 72.7 Å². The second kappa shape index (κ2) is 13.2. The van der Waals surface area contributed by atoms with E-state index in [1.807, 2.05) is 67.5 Å². The highest BCUT2D eigenvalue weighted by atomic mass is 16.2. The minimum Gasteiger partial charge on any atom is -0.340 e. The number of carbonyl (C=O) groups is 3. The number of amidine groups is 1. The van der Waals surface area contributed by atoms with E-state index in [9.17, 15) is 14.4 Å². The fourth-order valence-corrected chi connectivity index (χ4v) is 5.64. The van der Waals surface area contributed by atoms with Gasteiger partial charge in [0, 0.05) is 34.7 Å². The van der Waals surface area contributed by atoms with Gasteiger partial charge in [0.05, 0.1) is 24.7 Å². The van der Waals surface area contributed by atoms with Gasteiger partial charge in [0.1, 0.15) is 5.84 Å². The fourth-order valence-electron chi connectivity index (χ4n) is 5.64. The van der Waals surface area contributed by atoms with Gasteiger partial charge in [0.25, 0.3) is 5.91 Å². The number of hydrogen-bond acceptors (Lipinski definition) is 6. The van der Waals surface area contributed by atoms with E-state index in [2.05, 4.69) is 46.6 Å². The normalized spacial score (nSPS) is 15.7. The van der Waals surface area contributed by atoms with Crippen LogP contribution in [0.15, 0.2) is 108 Å². The van der Waals surface area contributed by atoms with Crippen molar-refractivity contribution in [1.29, 1.82) is 0 Å². The minimum absolute atomic E-state index is 0.123. The molecule has 4 N–H and O–H groups in total. The summed E-state index contributed by atoms with van der Waals surface area (Å²) in [5.41, 5.74) is 4.91. The Bertz CT molecular complexity index is 1680. The van der Waals surface area contributed by atoms with Crippen LogP contribution in [0, 0.1) is 0 Å². The Kier molecular flexibility index (Phi) is 9.15. The van der Waals surface area contributed by atoms with Gasteiger partial charge in [0.2, 0.25) is 5.91 Å². The van der Waals surface area contributed by atoms with Crippen LogP contribution >= 0.6 is 0 Å². The summed E-state index contributed by atoms with van der Waals surface area (Å²) in [7, 11) is 3.99. The largest absolute Gasteiger partial charge is 0.340 e. The minimum atomic E-state index is -0.513. The summed E-state index contributed by atoms with van der Waals surface area (Å²) in [6.45, 7) is 9.18. The first-order chi connectivity index (χ1) is 21.5. The molecule has 1 atom stereocenters. The Labute approximate surface area is 263 Å². The average Bonchev–Trinajstić information content (AvgIpc) is 3.54. The molecule has 3 aromatic carbocycles. The van der Waals surface area contributed by atoms with Gasteiger partial charge in [-0.1, -0.05) is 49.0 Å². The van der Waals surface area contributed by atoms with Crippen LogP contribution in [0.5, 0.6) is 0 Å². The van der Waals surface area contributed by atoms with Gasteiger partial charge >= 0.3 is 6.03 Å². The van der Waals surface area contributed by atoms with Crippen LogP contribution in [0.3, 0.4) is 0 Å². The van der Waals surface area contributed by atoms with Gasteiger partial charge in [-0.25, -0.2) is 4.79 Å². The van der Waals surface area contributed by atoms with Gasteiger partial charge < -0.3 is 31.1 Å². The number of benzene rings is 3. The van der Waals surface area contributed by atoms with Gasteiger partial charge in [-0.3, -0.25) is 14.6 Å². The summed E-state index contributed by atoms with van der Waals surface area (Å²) in [5.74, 6) is 0.0530. The van der Waals surface area contributed by atoms with E-state index >= 15 is 0 Å². The van der Waals surface area contributed by atoms with Crippen molar-refractivity contribution in [3.8, 4) is 0 Å². The van der Waals surface area contributed by atoms with Crippen molar-refractivity contribution in [3.63, 3.8) is 0 Å². The van der Waals surface area contributed by atoms with Crippen LogP contribution in [0.25, 0.3) is 0 Å². The van der Waals surface area contributed by atoms with Crippen LogP contribution in [0.4, 0.5) is 21.9 Å². The van der Waals surface area contributed by atoms with Crippen molar-refractivity contribution in [2.75, 3.05) is 49.7 Å². The predicted molar refractivity (Wildman–Crippen MR) is 180 cm³/mol. The molecule has 10 nitrogen and oxygen atoms in total. The van der Waals surface area contributed by atoms with Crippen molar-refractivity contribution in [2.45, 2.75) is 25.4 Å². The van der Waals surface area contributed by atoms with Crippen molar-refractivity contribution in [3.05, 3.63) is 114 Å². The highest BCUT2D eigenvalue weighted by Crippen LogP contribution is 2.38. The molecule has 2 aliphatic rings. The first-order valence-corrected chi connectivity index (χ1v) is 14.8. The topological polar surface area (TPSA) is 118 Å². The Morgan fingerprint density at radius 1 is 0.956 bits per heavy atom. The zero-order chi connectivity index (χ0) is 32.1. The summed E-state index contributed by atoms with van der Waals surface area (Å²) in [6, 6.07) is 23.8. The quantitative estimate of drug-likeness (QED) is 0.247. The molecule has 0 aliphatic carbocycles. The number of rotatable bonds is 9. The van der Waals surface area contributed by atoms with E-state index in [1.54, 1.807) is 30.3 Å². The lowest BCUT2D eigenvalue weighted by Crippen LogP contribution is -2.52. The Hall–Kier alpha value is -5.22. The number of hydrogen-bond donors (Lipinski definition) is 4. The van der Waals surface area contributed by atoms with Gasteiger partial charge in [-0.05, 0) is 81.6 Å². The molecular weight excluding hydrogens is 566 g/mol. The van der Waals surface area contributed by atoms with Crippen LogP contribution in [0.2, 0.25) is 0 Å². The number of anilines is 3. The molecule has 2 heterocycles. The van der Waals surface area contributed by atoms with Crippen LogP contribution in [-0.2, 0) is 4.79 Å². The first-order valence-electron chi connectivity index (χ1n) is 14.8. The molecule has 0 fully saturated rings. The molecule has 0 aromatic heterocycles. The van der Waals surface area contributed by atoms with Crippen molar-refractivity contribution >= 4 is 40.7 Å². The van der Waals surface area contributed by atoms with E-state index in [4.69, 9.17) is 4.99 Å². The van der Waals surface area contributed by atoms with Crippen LogP contribution < -0.4 is 21.3 Å². The van der Waals surface area contributed by atoms with E-state index in [1.165, 1.54) is 6.08 Å². The fraction of sp³-hybridized carbons (Fsp3) is 0.257. The molecule has 0 unspecified atom stereocenters. The second-order valence-electron chi connectivity index (χ2n) is 11.9. The molecule has 0 bridgehead atoms. The molecule has 3 aromatic rings. The van der Waals surface area contributed by atoms with Crippen molar-refractivity contribution in [1.82, 2.24) is 15.1 Å². The predicted octanol–water partition coefficient (Wildman–Crippen LogP) is 5.29. The Morgan fingerprint density at radius 3 is 2.36 bits per heavy atom. The molecule has 0 radical (unpaired) electrons. The molecule has 45 heavy (non-hydrogen) atoms. The SMILES string of the molecule is C=CC(=O)Nc1cccc(C(=O)Nc2cccc(NC3=NCC4=C3CN(C(=O)N[C@H](CN(C)C)c3ccccc3)C4(C)C)c2)c1. The first kappa shape index (κ1) is 31.2. The number of aliphatic imine (C=N–C) groups is 1. The maximum atomic E-state index is 13.7. The highest BCUT2D eigenvalue weighted by Gasteiger charge is 2.45. The number of nitrogens with zero attached hydrogens (tertiary/aromatic N) is 3. The molecule has 232 valence electrons. The van der Waals surface area contributed by atoms with Gasteiger partial charge in [-0.15, -0.1) is 0 Å². The van der Waals surface area contributed by atoms with Crippen LogP contribution in [0.1, 0.15) is 35.8 Å². The smallest absolute Gasteiger partial charge is 0.318 e. The number of carbonyl (C=O) groups excluding carboxylic acids is 3. The van der Waals surface area contributed by atoms with E-state index in [0.29, 0.717) is 36.6 Å². The van der Waals surface area contributed by atoms with Crippen molar-refractivity contribution in [2.24, 2.45) is 4.99 Å². The molecule has 4 amide bonds. The molecular formula is C35H39N7O3. The monoisotopic (exact) mass is 605 g/mol. The highest BCUT2D eigenvalue weighted by molar-refractivity contribution is 6.12. The van der Waals surface area contributed by atoms with E-state index in [0.717, 1.165) is 28.2 Å². The zero-order valence-corrected chi connectivity index (χ0v) is 26.1. The average molecular weight is 606 g/mol. The molecule has 0 saturated carbocycles. The number of nitrogens with one attached hydrogen (secondary N) is 4. The lowest BCUT2D eigenvalue weighted by atomic mass is 9.94. The second-order valence-corrected chi connectivity index (χ2v) is 11.9. The Morgan fingerprint density at radius 2 is 1.64 bits per heavy atom. The lowest BCUT2D eigenvalue weighted by Gasteiger charge is -2.36. The number of urea groups is 1. The van der Waals surface area contributed by atoms with Crippen molar-refractivity contribution < 1.29 is 14.4 Å². The third-order valence-corrected chi connectivity index (χ3v) is 8.03. The number of likely N-dealkylation sites (N-methyl/N-ethyl adjacent to an activating group) is 1. The number of amides is 4. The molecule has 0 spiro atoms. The summed E-state index contributed by atoms with van der Waals surface area (Å²) in [5, 5.41) is 12.3. The third kappa shape index (κ3) is 7.13. The van der Waals surface area contributed by atoms with E-state index < -0.39 is 5.54 Å². The molecule has 2 aliphatic heterocycles. The summed E-state index contributed by atoms with van der Waals surface area (Å²) in [6.07, 6.45) is 1.17. The lowest BCUT2D eigenvalue weighted by molar-refractivity contribution is -0.111. The molecule has 5 rings (SSSR count). The Balaban J connectivity index is 1.25. The maximum Gasteiger partial charge on any atom is 0.318 e. The summed E-state index contributed by atoms with van der Waals surface area (Å²) >= 11 is 0.